The molecule has 0 aliphatic carbocycles. The molecule has 0 rings (SSSR count). The van der Waals surface area contributed by atoms with Crippen LogP contribution in [0.15, 0.2) is 61.3 Å². The third kappa shape index (κ3) is 26.7. The monoisotopic (exact) mass is 412 g/mol. The summed E-state index contributed by atoms with van der Waals surface area (Å²) in [5.74, 6) is 0. The van der Waals surface area contributed by atoms with E-state index in [0.717, 1.165) is 12.8 Å². The lowest BCUT2D eigenvalue weighted by Gasteiger charge is -1.97. The molecule has 0 fully saturated rings. The summed E-state index contributed by atoms with van der Waals surface area (Å²) in [6, 6.07) is 0. The molecule has 0 bridgehead atoms. The minimum absolute atomic E-state index is 1.10. The van der Waals surface area contributed by atoms with Crippen LogP contribution in [0.5, 0.6) is 0 Å². The molecule has 0 aliphatic rings. The molecule has 0 spiro atoms. The van der Waals surface area contributed by atoms with Crippen molar-refractivity contribution in [1.82, 2.24) is 0 Å². The number of hydrogen-bond donors (Lipinski definition) is 0. The molecule has 0 aromatic rings. The normalized spacial score (nSPS) is 12.3. The largest absolute Gasteiger partial charge is 0.103 e. The molecule has 0 nitrogen and oxygen atoms in total. The second-order valence-electron chi connectivity index (χ2n) is 8.45. The van der Waals surface area contributed by atoms with Gasteiger partial charge >= 0.3 is 0 Å². The van der Waals surface area contributed by atoms with Gasteiger partial charge in [-0.1, -0.05) is 87.3 Å². The molecule has 0 aromatic heterocycles. The Labute approximate surface area is 190 Å². The summed E-state index contributed by atoms with van der Waals surface area (Å²) in [4.78, 5) is 0. The third-order valence-electron chi connectivity index (χ3n) is 5.40. The van der Waals surface area contributed by atoms with Crippen LogP contribution in [-0.2, 0) is 0 Å². The van der Waals surface area contributed by atoms with Gasteiger partial charge in [0.2, 0.25) is 0 Å². The predicted octanol–water partition coefficient (Wildman–Crippen LogP) is 10.8. The second-order valence-corrected chi connectivity index (χ2v) is 8.45. The van der Waals surface area contributed by atoms with Gasteiger partial charge in [0.1, 0.15) is 0 Å². The van der Waals surface area contributed by atoms with E-state index in [2.05, 4.69) is 62.1 Å². The highest BCUT2D eigenvalue weighted by molar-refractivity contribution is 4.87. The van der Waals surface area contributed by atoms with Crippen LogP contribution in [0.3, 0.4) is 0 Å². The summed E-state index contributed by atoms with van der Waals surface area (Å²) in [6.07, 6.45) is 45.5. The average Bonchev–Trinajstić information content (AvgIpc) is 2.76. The summed E-state index contributed by atoms with van der Waals surface area (Å²) in [5.41, 5.74) is 0. The van der Waals surface area contributed by atoms with Crippen molar-refractivity contribution in [2.75, 3.05) is 0 Å². The average molecular weight is 413 g/mol. The molecule has 0 heterocycles. The SMILES string of the molecule is C=CCCC=CCCCC=CCCCCC=CCCCCCC=CCCCCCC. The molecule has 0 radical (unpaired) electrons. The fourth-order valence-electron chi connectivity index (χ4n) is 3.42. The Balaban J connectivity index is 3.24. The van der Waals surface area contributed by atoms with Crippen LogP contribution in [0.2, 0.25) is 0 Å². The van der Waals surface area contributed by atoms with Gasteiger partial charge in [-0.05, 0) is 96.3 Å². The van der Waals surface area contributed by atoms with Gasteiger partial charge in [-0.15, -0.1) is 6.58 Å². The summed E-state index contributed by atoms with van der Waals surface area (Å²) >= 11 is 0. The number of allylic oxidation sites excluding steroid dienone is 9. The first-order valence-electron chi connectivity index (χ1n) is 13.1. The predicted molar refractivity (Wildman–Crippen MR) is 140 cm³/mol. The molecule has 0 heteroatoms. The maximum absolute atomic E-state index is 3.74. The molecule has 0 saturated carbocycles. The molecular weight excluding hydrogens is 360 g/mol. The molecule has 0 unspecified atom stereocenters. The zero-order valence-corrected chi connectivity index (χ0v) is 20.3. The van der Waals surface area contributed by atoms with E-state index in [1.165, 1.54) is 109 Å². The highest BCUT2D eigenvalue weighted by Gasteiger charge is 1.88. The van der Waals surface area contributed by atoms with E-state index in [4.69, 9.17) is 0 Å². The molecule has 172 valence electrons. The van der Waals surface area contributed by atoms with E-state index in [1.54, 1.807) is 0 Å². The van der Waals surface area contributed by atoms with Gasteiger partial charge in [-0.2, -0.15) is 0 Å². The Hall–Kier alpha value is -1.30. The maximum atomic E-state index is 3.74. The summed E-state index contributed by atoms with van der Waals surface area (Å²) in [6.45, 7) is 6.02. The van der Waals surface area contributed by atoms with Gasteiger partial charge in [-0.25, -0.2) is 0 Å². The number of rotatable bonds is 23. The van der Waals surface area contributed by atoms with Gasteiger partial charge in [0.05, 0.1) is 0 Å². The first-order valence-corrected chi connectivity index (χ1v) is 13.1. The van der Waals surface area contributed by atoms with Crippen molar-refractivity contribution in [3.8, 4) is 0 Å². The van der Waals surface area contributed by atoms with Gasteiger partial charge in [0.15, 0.2) is 0 Å². The van der Waals surface area contributed by atoms with E-state index < -0.39 is 0 Å². The van der Waals surface area contributed by atoms with Crippen LogP contribution in [-0.4, -0.2) is 0 Å². The summed E-state index contributed by atoms with van der Waals surface area (Å²) in [7, 11) is 0. The zero-order chi connectivity index (χ0) is 21.8. The maximum Gasteiger partial charge on any atom is -0.0316 e. The highest BCUT2D eigenvalue weighted by Crippen LogP contribution is 2.08. The van der Waals surface area contributed by atoms with Crippen molar-refractivity contribution in [2.45, 2.75) is 129 Å². The van der Waals surface area contributed by atoms with E-state index in [0.29, 0.717) is 0 Å². The minimum Gasteiger partial charge on any atom is -0.103 e. The fraction of sp³-hybridized carbons (Fsp3) is 0.667. The summed E-state index contributed by atoms with van der Waals surface area (Å²) < 4.78 is 0. The topological polar surface area (TPSA) is 0 Å². The fourth-order valence-corrected chi connectivity index (χ4v) is 3.42. The minimum atomic E-state index is 1.10. The molecule has 0 saturated heterocycles. The first-order chi connectivity index (χ1) is 14.9. The van der Waals surface area contributed by atoms with Crippen LogP contribution >= 0.6 is 0 Å². The molecular formula is C30H52. The van der Waals surface area contributed by atoms with Crippen molar-refractivity contribution < 1.29 is 0 Å². The van der Waals surface area contributed by atoms with Crippen LogP contribution in [0.4, 0.5) is 0 Å². The number of hydrogen-bond acceptors (Lipinski definition) is 0. The van der Waals surface area contributed by atoms with Gasteiger partial charge in [0.25, 0.3) is 0 Å². The molecule has 0 aromatic carbocycles. The van der Waals surface area contributed by atoms with Gasteiger partial charge in [0, 0.05) is 0 Å². The smallest absolute Gasteiger partial charge is 0.0316 e. The number of unbranched alkanes of at least 4 members (excludes halogenated alkanes) is 14. The Kier molecular flexibility index (Phi) is 26.5. The Bertz CT molecular complexity index is 435. The Morgan fingerprint density at radius 3 is 1.10 bits per heavy atom. The first kappa shape index (κ1) is 28.7. The standard InChI is InChI=1S/C30H52/c1-3-5-7-9-11-13-15-17-19-21-23-25-27-29-30-28-26-24-22-20-18-16-14-12-10-8-6-4-2/h3,9,11,14,16,19,21,28,30H,1,4-8,10,12-13,15,17-18,20,22-27,29H2,2H3. The summed E-state index contributed by atoms with van der Waals surface area (Å²) in [5, 5.41) is 0. The quantitative estimate of drug-likeness (QED) is 0.116. The molecule has 0 atom stereocenters. The van der Waals surface area contributed by atoms with Crippen molar-refractivity contribution in [3.05, 3.63) is 61.3 Å². The van der Waals surface area contributed by atoms with E-state index in [9.17, 15) is 0 Å². The van der Waals surface area contributed by atoms with E-state index in [1.807, 2.05) is 6.08 Å². The Morgan fingerprint density at radius 2 is 0.700 bits per heavy atom. The zero-order valence-electron chi connectivity index (χ0n) is 20.3. The molecule has 0 N–H and O–H groups in total. The van der Waals surface area contributed by atoms with Crippen molar-refractivity contribution in [1.29, 1.82) is 0 Å². The van der Waals surface area contributed by atoms with Crippen molar-refractivity contribution in [2.24, 2.45) is 0 Å². The van der Waals surface area contributed by atoms with Gasteiger partial charge < -0.3 is 0 Å². The van der Waals surface area contributed by atoms with Crippen molar-refractivity contribution >= 4 is 0 Å². The second kappa shape index (κ2) is 27.7. The highest BCUT2D eigenvalue weighted by atomic mass is 13.9. The van der Waals surface area contributed by atoms with Crippen LogP contribution in [0, 0.1) is 0 Å². The van der Waals surface area contributed by atoms with Crippen molar-refractivity contribution in [3.63, 3.8) is 0 Å². The lowest BCUT2D eigenvalue weighted by Crippen LogP contribution is -1.77. The van der Waals surface area contributed by atoms with E-state index >= 15 is 0 Å². The molecule has 30 heavy (non-hydrogen) atoms. The lowest BCUT2D eigenvalue weighted by atomic mass is 10.1. The lowest BCUT2D eigenvalue weighted by molar-refractivity contribution is 0.670. The Morgan fingerprint density at radius 1 is 0.367 bits per heavy atom. The van der Waals surface area contributed by atoms with Crippen LogP contribution in [0.25, 0.3) is 0 Å². The molecule has 0 aliphatic heterocycles. The van der Waals surface area contributed by atoms with Crippen LogP contribution in [0.1, 0.15) is 129 Å². The third-order valence-corrected chi connectivity index (χ3v) is 5.40. The van der Waals surface area contributed by atoms with E-state index in [-0.39, 0.29) is 0 Å². The molecule has 0 amide bonds. The van der Waals surface area contributed by atoms with Gasteiger partial charge in [-0.3, -0.25) is 0 Å². The van der Waals surface area contributed by atoms with Crippen LogP contribution < -0.4 is 0 Å².